The minimum atomic E-state index is -1.94. The van der Waals surface area contributed by atoms with Crippen LogP contribution >= 0.6 is 25.3 Å². The van der Waals surface area contributed by atoms with E-state index in [0.717, 1.165) is 19.4 Å². The van der Waals surface area contributed by atoms with E-state index in [-0.39, 0.29) is 55.4 Å². The van der Waals surface area contributed by atoms with Crippen molar-refractivity contribution in [1.82, 2.24) is 63.5 Å². The Kier molecular flexibility index (Phi) is 34.4. The van der Waals surface area contributed by atoms with E-state index >= 15 is 19.2 Å². The number of benzene rings is 5. The monoisotopic (exact) mass is 1500 g/mol. The first-order valence-corrected chi connectivity index (χ1v) is 36.0. The number of H-pyrrole nitrogens is 1. The zero-order chi connectivity index (χ0) is 77.6. The number of nitrogens with one attached hydrogen (secondary N) is 12. The van der Waals surface area contributed by atoms with Crippen molar-refractivity contribution in [3.63, 3.8) is 0 Å². The smallest absolute Gasteiger partial charge is 0.327 e. The molecule has 32 heteroatoms. The highest BCUT2D eigenvalue weighted by Gasteiger charge is 2.39. The van der Waals surface area contributed by atoms with Crippen molar-refractivity contribution in [2.24, 2.45) is 11.5 Å². The highest BCUT2D eigenvalue weighted by molar-refractivity contribution is 7.80. The SMILES string of the molecule is CC(C)NCc1ccc(C[C@H](NC(=O)[C@@H](Cc2c[nH]c3ccccc23)NC(=O)[C@H](Cc2ccccc2)NC(=O)[C@H](Cc2ccccc2)NC(=O)[C@H](CCCCN)NC(=O)[C@@H](N)CS)C(=O)N[C@H](C(=O)N[C@@H](Cc2ccc(O)cc2)C(=O)N[C@H](C(=O)N[C@@H](CO)C(=O)N[C@@H](CS)C(=O)O)[C@@H](C)O)[C@@H](C)O)cc1. The number of thiol groups is 2. The van der Waals surface area contributed by atoms with Crippen LogP contribution in [0.4, 0.5) is 0 Å². The molecule has 1 aromatic heterocycles. The molecule has 0 radical (unpaired) electrons. The van der Waals surface area contributed by atoms with E-state index in [4.69, 9.17) is 11.5 Å². The van der Waals surface area contributed by atoms with Crippen LogP contribution in [0.15, 0.2) is 140 Å². The number of amides is 10. The molecule has 0 spiro atoms. The molecule has 21 N–H and O–H groups in total. The van der Waals surface area contributed by atoms with Crippen molar-refractivity contribution in [2.75, 3.05) is 24.7 Å². The highest BCUT2D eigenvalue weighted by atomic mass is 32.1. The lowest BCUT2D eigenvalue weighted by molar-refractivity contribution is -0.142. The zero-order valence-electron chi connectivity index (χ0n) is 59.3. The van der Waals surface area contributed by atoms with Crippen LogP contribution in [0.25, 0.3) is 10.9 Å². The maximum atomic E-state index is 15.5. The van der Waals surface area contributed by atoms with Crippen LogP contribution in [-0.4, -0.2) is 205 Å². The molecule has 10 amide bonds. The first-order chi connectivity index (χ1) is 50.6. The van der Waals surface area contributed by atoms with Crippen molar-refractivity contribution < 1.29 is 78.3 Å². The molecule has 0 fully saturated rings. The molecule has 0 saturated carbocycles. The second-order valence-corrected chi connectivity index (χ2v) is 26.8. The van der Waals surface area contributed by atoms with Gasteiger partial charge in [-0.3, -0.25) is 47.9 Å². The summed E-state index contributed by atoms with van der Waals surface area (Å²) in [6.07, 6.45) is -1.93. The Hall–Kier alpha value is -9.93. The number of carboxylic acids is 1. The fourth-order valence-electron chi connectivity index (χ4n) is 11.2. The fraction of sp³-hybridized carbons (Fsp3) is 0.419. The second kappa shape index (κ2) is 42.9. The predicted molar refractivity (Wildman–Crippen MR) is 402 cm³/mol. The third kappa shape index (κ3) is 26.9. The summed E-state index contributed by atoms with van der Waals surface area (Å²) in [7, 11) is 0. The van der Waals surface area contributed by atoms with Crippen LogP contribution < -0.4 is 70.0 Å². The van der Waals surface area contributed by atoms with Gasteiger partial charge in [-0.25, -0.2) is 4.79 Å². The van der Waals surface area contributed by atoms with Crippen LogP contribution in [-0.2, 0) is 91.4 Å². The van der Waals surface area contributed by atoms with E-state index in [1.165, 1.54) is 24.3 Å². The van der Waals surface area contributed by atoms with Gasteiger partial charge in [-0.2, -0.15) is 25.3 Å². The molecule has 572 valence electrons. The van der Waals surface area contributed by atoms with Crippen LogP contribution in [0.1, 0.15) is 80.3 Å². The number of carbonyl (C=O) groups is 11. The topological polar surface area (TPSA) is 489 Å². The Bertz CT molecular complexity index is 3890. The summed E-state index contributed by atoms with van der Waals surface area (Å²) < 4.78 is 0. The number of aromatic nitrogens is 1. The van der Waals surface area contributed by atoms with E-state index < -0.39 is 157 Å². The number of rotatable bonds is 43. The molecule has 0 aliphatic rings. The fourth-order valence-corrected chi connectivity index (χ4v) is 11.6. The van der Waals surface area contributed by atoms with Crippen LogP contribution in [0.3, 0.4) is 0 Å². The minimum Gasteiger partial charge on any atom is -0.508 e. The number of fused-ring (bicyclic) bond motifs is 1. The first kappa shape index (κ1) is 85.0. The van der Waals surface area contributed by atoms with Gasteiger partial charge in [-0.15, -0.1) is 0 Å². The molecule has 30 nitrogen and oxygen atoms in total. The van der Waals surface area contributed by atoms with Gasteiger partial charge in [-0.05, 0) is 91.2 Å². The van der Waals surface area contributed by atoms with Crippen molar-refractivity contribution in [2.45, 2.75) is 170 Å². The van der Waals surface area contributed by atoms with Gasteiger partial charge in [0.15, 0.2) is 0 Å². The molecule has 0 bridgehead atoms. The predicted octanol–water partition coefficient (Wildman–Crippen LogP) is -1.11. The number of para-hydroxylation sites is 1. The molecule has 0 aliphatic heterocycles. The van der Waals surface area contributed by atoms with Gasteiger partial charge in [0.1, 0.15) is 66.2 Å². The summed E-state index contributed by atoms with van der Waals surface area (Å²) in [5, 5.41) is 81.5. The molecule has 1 heterocycles. The van der Waals surface area contributed by atoms with E-state index in [9.17, 15) is 59.1 Å². The molecular formula is C74H98N14O16S2. The lowest BCUT2D eigenvalue weighted by atomic mass is 9.99. The molecule has 6 aromatic rings. The Morgan fingerprint density at radius 2 is 0.811 bits per heavy atom. The van der Waals surface area contributed by atoms with Gasteiger partial charge in [-0.1, -0.05) is 129 Å². The lowest BCUT2D eigenvalue weighted by Gasteiger charge is -2.29. The van der Waals surface area contributed by atoms with Crippen LogP contribution in [0.2, 0.25) is 0 Å². The van der Waals surface area contributed by atoms with Gasteiger partial charge in [0.2, 0.25) is 59.1 Å². The third-order valence-electron chi connectivity index (χ3n) is 17.2. The molecule has 6 rings (SSSR count). The first-order valence-electron chi connectivity index (χ1n) is 34.7. The van der Waals surface area contributed by atoms with Crippen LogP contribution in [0.5, 0.6) is 5.75 Å². The normalized spacial score (nSPS) is 15.0. The van der Waals surface area contributed by atoms with Crippen molar-refractivity contribution in [1.29, 1.82) is 0 Å². The number of aliphatic hydroxyl groups is 3. The number of phenols is 1. The van der Waals surface area contributed by atoms with Crippen molar-refractivity contribution in [3.8, 4) is 5.75 Å². The average Bonchev–Trinajstić information content (AvgIpc) is 1.58. The number of aromatic amines is 1. The summed E-state index contributed by atoms with van der Waals surface area (Å²) in [5.41, 5.74) is 15.9. The Balaban J connectivity index is 1.36. The molecule has 13 atom stereocenters. The number of unbranched alkanes of at least 4 members (excludes halogenated alkanes) is 1. The standard InChI is InChI=1S/C74H98N14O16S2/c1-41(2)77-36-48-24-22-46(23-25-48)33-57(69(98)87-62(42(3)90)72(101)84-58(34-47-26-28-50(92)29-27-47)70(99)88-63(43(4)91)73(102)85-60(38-89)71(100)86-61(40-106)74(103)104)82-68(97)59(35-49-37-78-53-20-12-11-19-51(49)53)83-67(96)56(32-45-17-9-6-10-18-45)81-66(95)55(31-44-15-7-5-8-16-44)80-65(94)54(21-13-14-30-75)79-64(93)52(76)39-105/h5-12,15-20,22-29,37,41-43,52,54-63,77-78,89-92,105-106H,13-14,21,30-36,38-40,75-76H2,1-4H3,(H,79,93)(H,80,94)(H,81,95)(H,82,97)(H,83,96)(H,84,101)(H,85,102)(H,86,100)(H,87,98)(H,88,99)(H,103,104)/t42-,43-,52+,54+,55+,56+,57+,58+,59-,60+,61+,62+,63+/m1/s1. The number of phenolic OH excluding ortho intramolecular Hbond substituents is 1. The molecular weight excluding hydrogens is 1410 g/mol. The highest BCUT2D eigenvalue weighted by Crippen LogP contribution is 2.21. The molecule has 106 heavy (non-hydrogen) atoms. The Labute approximate surface area is 625 Å². The Morgan fingerprint density at radius 1 is 0.434 bits per heavy atom. The number of hydrogen-bond donors (Lipinski definition) is 21. The zero-order valence-corrected chi connectivity index (χ0v) is 61.1. The minimum absolute atomic E-state index is 0.0243. The lowest BCUT2D eigenvalue weighted by Crippen LogP contribution is -2.63. The summed E-state index contributed by atoms with van der Waals surface area (Å²) in [4.78, 5) is 159. The van der Waals surface area contributed by atoms with Crippen LogP contribution in [0, 0.1) is 0 Å². The number of aliphatic hydroxyl groups excluding tert-OH is 3. The van der Waals surface area contributed by atoms with E-state index in [0.29, 0.717) is 64.7 Å². The Morgan fingerprint density at radius 3 is 1.25 bits per heavy atom. The number of hydrogen-bond acceptors (Lipinski definition) is 20. The molecule has 0 aliphatic carbocycles. The summed E-state index contributed by atoms with van der Waals surface area (Å²) in [6.45, 7) is 5.93. The number of aliphatic carboxylic acids is 1. The van der Waals surface area contributed by atoms with E-state index in [2.05, 4.69) is 88.7 Å². The van der Waals surface area contributed by atoms with Gasteiger partial charge in [0, 0.05) is 73.3 Å². The summed E-state index contributed by atoms with van der Waals surface area (Å²) in [5.74, 6) is -11.8. The molecule has 0 saturated heterocycles. The average molecular weight is 1500 g/mol. The number of carbonyl (C=O) groups excluding carboxylic acids is 10. The van der Waals surface area contributed by atoms with Crippen molar-refractivity contribution >= 4 is 101 Å². The van der Waals surface area contributed by atoms with Gasteiger partial charge in [0.25, 0.3) is 0 Å². The molecule has 0 unspecified atom stereocenters. The van der Waals surface area contributed by atoms with Gasteiger partial charge in [0.05, 0.1) is 24.9 Å². The molecule has 5 aromatic carbocycles. The van der Waals surface area contributed by atoms with E-state index in [1.54, 1.807) is 115 Å². The van der Waals surface area contributed by atoms with Gasteiger partial charge >= 0.3 is 5.97 Å². The number of nitrogens with two attached hydrogens (primary N) is 2. The maximum Gasteiger partial charge on any atom is 0.327 e. The second-order valence-electron chi connectivity index (χ2n) is 26.1. The third-order valence-corrected chi connectivity index (χ3v) is 18.0. The largest absolute Gasteiger partial charge is 0.508 e. The summed E-state index contributed by atoms with van der Waals surface area (Å²) in [6, 6.07) is 19.9. The van der Waals surface area contributed by atoms with Crippen molar-refractivity contribution in [3.05, 3.63) is 173 Å². The van der Waals surface area contributed by atoms with Gasteiger partial charge < -0.3 is 100 Å². The number of carboxylic acid groups (broad SMARTS) is 1. The van der Waals surface area contributed by atoms with E-state index in [1.807, 2.05) is 13.8 Å². The maximum absolute atomic E-state index is 15.5. The summed E-state index contributed by atoms with van der Waals surface area (Å²) >= 11 is 8.05. The quantitative estimate of drug-likeness (QED) is 0.0159. The number of aromatic hydroxyl groups is 1.